The highest BCUT2D eigenvalue weighted by atomic mass is 79.9. The van der Waals surface area contributed by atoms with E-state index in [1.807, 2.05) is 30.1 Å². The van der Waals surface area contributed by atoms with Crippen LogP contribution in [0.25, 0.3) is 0 Å². The summed E-state index contributed by atoms with van der Waals surface area (Å²) in [5.74, 6) is 1.23. The molecule has 0 N–H and O–H groups in total. The summed E-state index contributed by atoms with van der Waals surface area (Å²) in [5.41, 5.74) is 1.58. The molecule has 0 aliphatic carbocycles. The number of anilines is 1. The lowest BCUT2D eigenvalue weighted by atomic mass is 10.1. The van der Waals surface area contributed by atoms with Crippen molar-refractivity contribution in [2.75, 3.05) is 18.7 Å². The molecule has 2 aromatic carbocycles. The van der Waals surface area contributed by atoms with Crippen molar-refractivity contribution in [3.63, 3.8) is 0 Å². The average Bonchev–Trinajstić information content (AvgIpc) is 2.86. The molecule has 0 unspecified atom stereocenters. The van der Waals surface area contributed by atoms with Crippen molar-refractivity contribution in [3.05, 3.63) is 52.3 Å². The standard InChI is InChI=1S/C15H13BrFNO2/c1-18(13-5-3-2-4-12(13)17)8-10-6-14-15(7-11(10)16)20-9-19-14/h2-7H,8-9H2,1H3. The summed E-state index contributed by atoms with van der Waals surface area (Å²) in [7, 11) is 1.86. The predicted molar refractivity (Wildman–Crippen MR) is 78.8 cm³/mol. The van der Waals surface area contributed by atoms with Crippen LogP contribution in [-0.2, 0) is 6.54 Å². The van der Waals surface area contributed by atoms with Crippen LogP contribution < -0.4 is 14.4 Å². The highest BCUT2D eigenvalue weighted by Gasteiger charge is 2.17. The zero-order valence-corrected chi connectivity index (χ0v) is 12.5. The van der Waals surface area contributed by atoms with Crippen LogP contribution in [0.5, 0.6) is 11.5 Å². The number of para-hydroxylation sites is 1. The van der Waals surface area contributed by atoms with E-state index in [0.717, 1.165) is 21.5 Å². The fourth-order valence-electron chi connectivity index (χ4n) is 2.18. The first-order valence-corrected chi connectivity index (χ1v) is 6.98. The van der Waals surface area contributed by atoms with Crippen LogP contribution in [0.1, 0.15) is 5.56 Å². The lowest BCUT2D eigenvalue weighted by Gasteiger charge is -2.20. The minimum absolute atomic E-state index is 0.230. The monoisotopic (exact) mass is 337 g/mol. The van der Waals surface area contributed by atoms with Gasteiger partial charge in [0.25, 0.3) is 0 Å². The molecule has 0 spiro atoms. The highest BCUT2D eigenvalue weighted by Crippen LogP contribution is 2.37. The maximum absolute atomic E-state index is 13.8. The predicted octanol–water partition coefficient (Wildman–Crippen LogP) is 3.95. The third-order valence-corrected chi connectivity index (χ3v) is 3.95. The van der Waals surface area contributed by atoms with E-state index in [1.165, 1.54) is 6.07 Å². The fourth-order valence-corrected chi connectivity index (χ4v) is 2.63. The highest BCUT2D eigenvalue weighted by molar-refractivity contribution is 9.10. The molecule has 0 fully saturated rings. The summed E-state index contributed by atoms with van der Waals surface area (Å²) in [6, 6.07) is 10.5. The first-order chi connectivity index (χ1) is 9.65. The Bertz CT molecular complexity index is 648. The Morgan fingerprint density at radius 3 is 2.65 bits per heavy atom. The summed E-state index contributed by atoms with van der Waals surface area (Å²) < 4.78 is 25.4. The number of ether oxygens (including phenoxy) is 2. The van der Waals surface area contributed by atoms with Crippen LogP contribution in [0.15, 0.2) is 40.9 Å². The first kappa shape index (κ1) is 13.2. The molecule has 0 amide bonds. The van der Waals surface area contributed by atoms with Crippen molar-refractivity contribution < 1.29 is 13.9 Å². The molecule has 0 saturated carbocycles. The molecule has 1 heterocycles. The number of fused-ring (bicyclic) bond motifs is 1. The van der Waals surface area contributed by atoms with Crippen LogP contribution >= 0.6 is 15.9 Å². The van der Waals surface area contributed by atoms with E-state index in [1.54, 1.807) is 12.1 Å². The molecule has 104 valence electrons. The summed E-state index contributed by atoms with van der Waals surface area (Å²) in [6.07, 6.45) is 0. The maximum atomic E-state index is 13.8. The molecule has 1 aliphatic heterocycles. The van der Waals surface area contributed by atoms with Gasteiger partial charge in [-0.2, -0.15) is 0 Å². The first-order valence-electron chi connectivity index (χ1n) is 6.19. The maximum Gasteiger partial charge on any atom is 0.231 e. The summed E-state index contributed by atoms with van der Waals surface area (Å²) in [5, 5.41) is 0. The summed E-state index contributed by atoms with van der Waals surface area (Å²) in [4.78, 5) is 1.86. The molecular weight excluding hydrogens is 325 g/mol. The molecule has 5 heteroatoms. The van der Waals surface area contributed by atoms with E-state index in [-0.39, 0.29) is 12.6 Å². The van der Waals surface area contributed by atoms with Crippen LogP contribution in [0.4, 0.5) is 10.1 Å². The minimum Gasteiger partial charge on any atom is -0.454 e. The molecule has 0 aromatic heterocycles. The number of hydrogen-bond acceptors (Lipinski definition) is 3. The van der Waals surface area contributed by atoms with Gasteiger partial charge in [0.1, 0.15) is 5.82 Å². The van der Waals surface area contributed by atoms with Crippen LogP contribution in [0, 0.1) is 5.82 Å². The number of halogens is 2. The van der Waals surface area contributed by atoms with Gasteiger partial charge in [-0.05, 0) is 29.8 Å². The second-order valence-electron chi connectivity index (χ2n) is 4.60. The number of nitrogens with zero attached hydrogens (tertiary/aromatic N) is 1. The van der Waals surface area contributed by atoms with Gasteiger partial charge in [-0.1, -0.05) is 28.1 Å². The molecule has 3 nitrogen and oxygen atoms in total. The number of rotatable bonds is 3. The van der Waals surface area contributed by atoms with Crippen LogP contribution in [0.3, 0.4) is 0 Å². The van der Waals surface area contributed by atoms with Gasteiger partial charge < -0.3 is 14.4 Å². The van der Waals surface area contributed by atoms with Gasteiger partial charge in [-0.3, -0.25) is 0 Å². The van der Waals surface area contributed by atoms with E-state index in [9.17, 15) is 4.39 Å². The SMILES string of the molecule is CN(Cc1cc2c(cc1Br)OCO2)c1ccccc1F. The Hall–Kier alpha value is -1.75. The molecule has 3 rings (SSSR count). The topological polar surface area (TPSA) is 21.7 Å². The van der Waals surface area contributed by atoms with E-state index in [2.05, 4.69) is 15.9 Å². The zero-order chi connectivity index (χ0) is 14.1. The quantitative estimate of drug-likeness (QED) is 0.846. The van der Waals surface area contributed by atoms with Crippen molar-refractivity contribution in [2.45, 2.75) is 6.54 Å². The van der Waals surface area contributed by atoms with Crippen molar-refractivity contribution in [1.82, 2.24) is 0 Å². The molecule has 0 saturated heterocycles. The van der Waals surface area contributed by atoms with E-state index >= 15 is 0 Å². The second kappa shape index (κ2) is 5.32. The van der Waals surface area contributed by atoms with Crippen molar-refractivity contribution in [3.8, 4) is 11.5 Å². The zero-order valence-electron chi connectivity index (χ0n) is 10.9. The summed E-state index contributed by atoms with van der Waals surface area (Å²) >= 11 is 3.51. The smallest absolute Gasteiger partial charge is 0.231 e. The Balaban J connectivity index is 1.86. The molecule has 0 bridgehead atoms. The Labute approximate surface area is 125 Å². The van der Waals surface area contributed by atoms with Gasteiger partial charge in [-0.25, -0.2) is 4.39 Å². The van der Waals surface area contributed by atoms with Gasteiger partial charge in [0.15, 0.2) is 11.5 Å². The van der Waals surface area contributed by atoms with E-state index < -0.39 is 0 Å². The Kier molecular flexibility index (Phi) is 3.53. The normalized spacial score (nSPS) is 12.6. The molecule has 0 radical (unpaired) electrons. The van der Waals surface area contributed by atoms with Crippen molar-refractivity contribution in [1.29, 1.82) is 0 Å². The van der Waals surface area contributed by atoms with Gasteiger partial charge in [-0.15, -0.1) is 0 Å². The molecule has 0 atom stereocenters. The van der Waals surface area contributed by atoms with Gasteiger partial charge in [0.2, 0.25) is 6.79 Å². The second-order valence-corrected chi connectivity index (χ2v) is 5.46. The van der Waals surface area contributed by atoms with Gasteiger partial charge in [0, 0.05) is 18.1 Å². The third-order valence-electron chi connectivity index (χ3n) is 3.21. The van der Waals surface area contributed by atoms with Crippen LogP contribution in [-0.4, -0.2) is 13.8 Å². The van der Waals surface area contributed by atoms with E-state index in [0.29, 0.717) is 12.2 Å². The number of hydrogen-bond donors (Lipinski definition) is 0. The van der Waals surface area contributed by atoms with Gasteiger partial charge in [0.05, 0.1) is 5.69 Å². The molecule has 1 aliphatic rings. The fraction of sp³-hybridized carbons (Fsp3) is 0.200. The lowest BCUT2D eigenvalue weighted by Crippen LogP contribution is -2.17. The molecule has 20 heavy (non-hydrogen) atoms. The largest absolute Gasteiger partial charge is 0.454 e. The minimum atomic E-state index is -0.230. The van der Waals surface area contributed by atoms with E-state index in [4.69, 9.17) is 9.47 Å². The Morgan fingerprint density at radius 2 is 1.90 bits per heavy atom. The molecular formula is C15H13BrFNO2. The van der Waals surface area contributed by atoms with Crippen LogP contribution in [0.2, 0.25) is 0 Å². The average molecular weight is 338 g/mol. The third kappa shape index (κ3) is 2.45. The number of benzene rings is 2. The van der Waals surface area contributed by atoms with Gasteiger partial charge >= 0.3 is 0 Å². The van der Waals surface area contributed by atoms with Crippen molar-refractivity contribution in [2.24, 2.45) is 0 Å². The Morgan fingerprint density at radius 1 is 1.20 bits per heavy atom. The summed E-state index contributed by atoms with van der Waals surface area (Å²) in [6.45, 7) is 0.812. The molecule has 2 aromatic rings. The van der Waals surface area contributed by atoms with Crippen molar-refractivity contribution >= 4 is 21.6 Å². The lowest BCUT2D eigenvalue weighted by molar-refractivity contribution is 0.174.